The van der Waals surface area contributed by atoms with E-state index < -0.39 is 0 Å². The zero-order valence-electron chi connectivity index (χ0n) is 4.02. The van der Waals surface area contributed by atoms with Gasteiger partial charge < -0.3 is 4.74 Å². The second-order valence-corrected chi connectivity index (χ2v) is 1.62. The molecule has 1 aliphatic rings. The van der Waals surface area contributed by atoms with Gasteiger partial charge in [-0.15, -0.1) is 0 Å². The molecule has 1 aliphatic heterocycles. The van der Waals surface area contributed by atoms with Crippen LogP contribution in [0.4, 0.5) is 0 Å². The molecule has 0 aromatic carbocycles. The molecule has 0 aliphatic carbocycles. The molecule has 1 rings (SSSR count). The first kappa shape index (κ1) is 4.78. The summed E-state index contributed by atoms with van der Waals surface area (Å²) in [6.45, 7) is 0.736. The Morgan fingerprint density at radius 1 is 1.71 bits per heavy atom. The molecule has 7 heavy (non-hydrogen) atoms. The minimum atomic E-state index is -0.208. The summed E-state index contributed by atoms with van der Waals surface area (Å²) in [5, 5.41) is 0. The highest BCUT2D eigenvalue weighted by atomic mass is 16.5. The van der Waals surface area contributed by atoms with Crippen molar-refractivity contribution < 1.29 is 9.53 Å². The first-order chi connectivity index (χ1) is 3.43. The Morgan fingerprint density at radius 2 is 2.57 bits per heavy atom. The van der Waals surface area contributed by atoms with E-state index in [0.29, 0.717) is 0 Å². The van der Waals surface area contributed by atoms with Crippen molar-refractivity contribution in [1.82, 2.24) is 0 Å². The Hall–Kier alpha value is -0.370. The van der Waals surface area contributed by atoms with Crippen LogP contribution in [0.3, 0.4) is 0 Å². The molecule has 1 atom stereocenters. The summed E-state index contributed by atoms with van der Waals surface area (Å²) in [7, 11) is 0. The monoisotopic (exact) mass is 99.0 g/mol. The van der Waals surface area contributed by atoms with E-state index in [1.54, 1.807) is 6.29 Å². The molecule has 0 bridgehead atoms. The van der Waals surface area contributed by atoms with E-state index in [9.17, 15) is 4.79 Å². The van der Waals surface area contributed by atoms with Crippen LogP contribution in [-0.2, 0) is 9.53 Å². The van der Waals surface area contributed by atoms with Crippen molar-refractivity contribution in [1.29, 1.82) is 0 Å². The quantitative estimate of drug-likeness (QED) is 0.471. The predicted molar refractivity (Wildman–Crippen MR) is 24.7 cm³/mol. The molecule has 0 aromatic rings. The van der Waals surface area contributed by atoms with Crippen LogP contribution in [0.15, 0.2) is 0 Å². The lowest BCUT2D eigenvalue weighted by Gasteiger charge is -1.91. The minimum absolute atomic E-state index is 0.208. The fraction of sp³-hybridized carbons (Fsp3) is 0.800. The van der Waals surface area contributed by atoms with Gasteiger partial charge in [-0.3, -0.25) is 4.79 Å². The number of ether oxygens (including phenoxy) is 1. The summed E-state index contributed by atoms with van der Waals surface area (Å²) < 4.78 is 4.88. The summed E-state index contributed by atoms with van der Waals surface area (Å²) in [6.07, 6.45) is 3.46. The molecule has 0 unspecified atom stereocenters. The van der Waals surface area contributed by atoms with Crippen molar-refractivity contribution in [3.8, 4) is 0 Å². The Kier molecular flexibility index (Phi) is 1.42. The minimum Gasteiger partial charge on any atom is -0.370 e. The molecular weight excluding hydrogens is 92.1 g/mol. The van der Waals surface area contributed by atoms with Gasteiger partial charge in [0.05, 0.1) is 0 Å². The lowest BCUT2D eigenvalue weighted by Crippen LogP contribution is -2.04. The molecule has 0 amide bonds. The summed E-state index contributed by atoms with van der Waals surface area (Å²) in [4.78, 5) is 9.76. The van der Waals surface area contributed by atoms with Crippen molar-refractivity contribution in [2.75, 3.05) is 6.61 Å². The average Bonchev–Trinajstić information content (AvgIpc) is 2.14. The standard InChI is InChI=1S/C5H7O2/c6-4-5-2-1-3-7-5/h5H,1-3H2/t5-/m0/s1. The Labute approximate surface area is 42.5 Å². The largest absolute Gasteiger partial charge is 0.370 e. The van der Waals surface area contributed by atoms with Gasteiger partial charge in [0.1, 0.15) is 6.10 Å². The second kappa shape index (κ2) is 2.07. The van der Waals surface area contributed by atoms with Gasteiger partial charge in [0, 0.05) is 6.61 Å². The zero-order chi connectivity index (χ0) is 5.11. The van der Waals surface area contributed by atoms with E-state index in [2.05, 4.69) is 0 Å². The number of hydrogen-bond acceptors (Lipinski definition) is 2. The molecule has 39 valence electrons. The summed E-state index contributed by atoms with van der Waals surface area (Å²) in [6, 6.07) is 0. The third-order valence-corrected chi connectivity index (χ3v) is 1.06. The van der Waals surface area contributed by atoms with Crippen LogP contribution in [0.1, 0.15) is 12.8 Å². The van der Waals surface area contributed by atoms with Crippen molar-refractivity contribution in [2.24, 2.45) is 0 Å². The maximum atomic E-state index is 9.76. The van der Waals surface area contributed by atoms with Gasteiger partial charge >= 0.3 is 0 Å². The molecule has 0 spiro atoms. The SMILES string of the molecule is O=[C][C@@H]1CCCO1. The highest BCUT2D eigenvalue weighted by molar-refractivity contribution is 5.57. The summed E-state index contributed by atoms with van der Waals surface area (Å²) in [5.41, 5.74) is 0. The fourth-order valence-electron chi connectivity index (χ4n) is 0.671. The third-order valence-electron chi connectivity index (χ3n) is 1.06. The zero-order valence-corrected chi connectivity index (χ0v) is 4.02. The van der Waals surface area contributed by atoms with Gasteiger partial charge in [0.15, 0.2) is 0 Å². The molecule has 1 saturated heterocycles. The van der Waals surface area contributed by atoms with E-state index in [-0.39, 0.29) is 6.10 Å². The van der Waals surface area contributed by atoms with Crippen LogP contribution >= 0.6 is 0 Å². The van der Waals surface area contributed by atoms with Crippen LogP contribution in [0.5, 0.6) is 0 Å². The first-order valence-corrected chi connectivity index (χ1v) is 2.43. The van der Waals surface area contributed by atoms with E-state index in [1.165, 1.54) is 0 Å². The molecule has 0 aromatic heterocycles. The highest BCUT2D eigenvalue weighted by Crippen LogP contribution is 2.08. The van der Waals surface area contributed by atoms with E-state index in [0.717, 1.165) is 19.4 Å². The normalized spacial score (nSPS) is 30.6. The Morgan fingerprint density at radius 3 is 2.86 bits per heavy atom. The Balaban J connectivity index is 2.26. The van der Waals surface area contributed by atoms with Crippen LogP contribution in [0.25, 0.3) is 0 Å². The maximum absolute atomic E-state index is 9.76. The maximum Gasteiger partial charge on any atom is 0.229 e. The van der Waals surface area contributed by atoms with Gasteiger partial charge in [0.25, 0.3) is 0 Å². The average molecular weight is 99.1 g/mol. The number of hydrogen-bond donors (Lipinski definition) is 0. The van der Waals surface area contributed by atoms with Crippen molar-refractivity contribution in [3.63, 3.8) is 0 Å². The summed E-state index contributed by atoms with van der Waals surface area (Å²) >= 11 is 0. The van der Waals surface area contributed by atoms with Gasteiger partial charge in [0.2, 0.25) is 6.29 Å². The second-order valence-electron chi connectivity index (χ2n) is 1.62. The van der Waals surface area contributed by atoms with Crippen molar-refractivity contribution in [3.05, 3.63) is 0 Å². The molecular formula is C5H7O2. The smallest absolute Gasteiger partial charge is 0.229 e. The topological polar surface area (TPSA) is 26.3 Å². The van der Waals surface area contributed by atoms with Gasteiger partial charge in [-0.05, 0) is 12.8 Å². The fourth-order valence-corrected chi connectivity index (χ4v) is 0.671. The predicted octanol–water partition coefficient (Wildman–Crippen LogP) is 0.275. The van der Waals surface area contributed by atoms with Crippen LogP contribution in [0.2, 0.25) is 0 Å². The molecule has 0 N–H and O–H groups in total. The lowest BCUT2D eigenvalue weighted by atomic mass is 10.3. The molecule has 2 heteroatoms. The number of carbonyl (C=O) groups excluding carboxylic acids is 1. The molecule has 0 saturated carbocycles. The van der Waals surface area contributed by atoms with Gasteiger partial charge in [-0.2, -0.15) is 0 Å². The third kappa shape index (κ3) is 0.996. The molecule has 1 fully saturated rings. The van der Waals surface area contributed by atoms with Crippen LogP contribution in [-0.4, -0.2) is 19.0 Å². The summed E-state index contributed by atoms with van der Waals surface area (Å²) in [5.74, 6) is 0. The van der Waals surface area contributed by atoms with Crippen LogP contribution < -0.4 is 0 Å². The van der Waals surface area contributed by atoms with E-state index in [4.69, 9.17) is 4.74 Å². The van der Waals surface area contributed by atoms with E-state index in [1.807, 2.05) is 0 Å². The van der Waals surface area contributed by atoms with Crippen molar-refractivity contribution >= 4 is 6.29 Å². The molecule has 2 nitrogen and oxygen atoms in total. The van der Waals surface area contributed by atoms with Gasteiger partial charge in [-0.1, -0.05) is 0 Å². The number of rotatable bonds is 1. The molecule has 1 heterocycles. The highest BCUT2D eigenvalue weighted by Gasteiger charge is 2.13. The van der Waals surface area contributed by atoms with Crippen molar-refractivity contribution in [2.45, 2.75) is 18.9 Å². The van der Waals surface area contributed by atoms with Crippen LogP contribution in [0, 0.1) is 0 Å². The lowest BCUT2D eigenvalue weighted by molar-refractivity contribution is 0.155. The van der Waals surface area contributed by atoms with Gasteiger partial charge in [-0.25, -0.2) is 0 Å². The Bertz CT molecular complexity index is 64.5. The molecule has 1 radical (unpaired) electrons. The van der Waals surface area contributed by atoms with E-state index >= 15 is 0 Å². The first-order valence-electron chi connectivity index (χ1n) is 2.43.